The average Bonchev–Trinajstić information content (AvgIpc) is 1.00. The molecule has 5 heteroatoms. The molecular weight excluding hydrogens is 164 g/mol. The molecule has 0 bridgehead atoms. The molecule has 0 aromatic carbocycles. The molecular formula is H2Cl2N2Zn. The van der Waals surface area contributed by atoms with Crippen LogP contribution in [0.5, 0.6) is 0 Å². The van der Waals surface area contributed by atoms with Crippen LogP contribution >= 0.6 is 24.8 Å². The smallest absolute Gasteiger partial charge is 0 e. The maximum atomic E-state index is 6.00. The fourth-order valence-electron chi connectivity index (χ4n) is 0. The van der Waals surface area contributed by atoms with Crippen molar-refractivity contribution in [2.45, 2.75) is 0 Å². The molecule has 0 unspecified atom stereocenters. The van der Waals surface area contributed by atoms with Crippen LogP contribution in [0.3, 0.4) is 0 Å². The molecule has 0 heterocycles. The predicted octanol–water partition coefficient (Wildman–Crippen LogP) is 0.871. The number of hydrogen-bond donors (Lipinski definition) is 0. The maximum Gasteiger partial charge on any atom is 0 e. The van der Waals surface area contributed by atoms with Gasteiger partial charge in [-0.3, -0.25) is 0 Å². The fraction of sp³-hybridized carbons (Fsp3) is 0. The molecule has 0 amide bonds. The fourth-order valence-corrected chi connectivity index (χ4v) is 0. The van der Waals surface area contributed by atoms with Gasteiger partial charge in [0.1, 0.15) is 0 Å². The zero-order valence-corrected chi connectivity index (χ0v) is 7.02. The minimum absolute atomic E-state index is 0. The van der Waals surface area contributed by atoms with Crippen LogP contribution < -0.4 is 0 Å². The Hall–Kier alpha value is 0.623. The van der Waals surface area contributed by atoms with Gasteiger partial charge >= 0.3 is 0 Å². The molecule has 0 aromatic heterocycles. The Bertz CT molecular complexity index is 12.4. The van der Waals surface area contributed by atoms with Gasteiger partial charge < -0.3 is 0 Å². The van der Waals surface area contributed by atoms with E-state index in [-0.39, 0.29) is 44.3 Å². The van der Waals surface area contributed by atoms with Crippen LogP contribution in [0.25, 0.3) is 0 Å². The van der Waals surface area contributed by atoms with Gasteiger partial charge in [0.2, 0.25) is 0 Å². The van der Waals surface area contributed by atoms with E-state index in [1.165, 1.54) is 0 Å². The van der Waals surface area contributed by atoms with Gasteiger partial charge in [-0.05, 0) is 0 Å². The van der Waals surface area contributed by atoms with Gasteiger partial charge in [-0.1, -0.05) is 0 Å². The first-order valence-corrected chi connectivity index (χ1v) is 0.200. The largest absolute Gasteiger partial charge is 0.147 e. The Morgan fingerprint density at radius 3 is 0.800 bits per heavy atom. The number of halogens is 2. The SMILES string of the molecule is Cl.Cl.N#N.[Zn]. The molecule has 0 fully saturated rings. The standard InChI is InChI=1S/2ClH.N2.Zn/c;;1-2;/h2*1H;;. The molecule has 0 aliphatic heterocycles. The monoisotopic (exact) mass is 164 g/mol. The van der Waals surface area contributed by atoms with Gasteiger partial charge in [0, 0.05) is 30.3 Å². The second kappa shape index (κ2) is 156. The van der Waals surface area contributed by atoms with E-state index in [0.29, 0.717) is 0 Å². The van der Waals surface area contributed by atoms with Crippen molar-refractivity contribution in [2.24, 2.45) is 0 Å². The normalized spacial score (nSPS) is 0.400. The van der Waals surface area contributed by atoms with Crippen LogP contribution in [0.2, 0.25) is 0 Å². The molecule has 5 heavy (non-hydrogen) atoms. The van der Waals surface area contributed by atoms with Crippen LogP contribution in [0.1, 0.15) is 0 Å². The third-order valence-corrected chi connectivity index (χ3v) is 0. The van der Waals surface area contributed by atoms with Crippen molar-refractivity contribution in [3.8, 4) is 0 Å². The van der Waals surface area contributed by atoms with E-state index in [9.17, 15) is 0 Å². The predicted molar refractivity (Wildman–Crippen MR) is 17.9 cm³/mol. The van der Waals surface area contributed by atoms with E-state index in [2.05, 4.69) is 0 Å². The summed E-state index contributed by atoms with van der Waals surface area (Å²) in [5.74, 6) is 0. The Kier molecular flexibility index (Phi) is 1420. The summed E-state index contributed by atoms with van der Waals surface area (Å²) >= 11 is 0. The average molecular weight is 166 g/mol. The second-order valence-corrected chi connectivity index (χ2v) is 0. The van der Waals surface area contributed by atoms with Crippen LogP contribution in [0, 0.1) is 10.8 Å². The summed E-state index contributed by atoms with van der Waals surface area (Å²) in [5.41, 5.74) is 0. The van der Waals surface area contributed by atoms with Crippen molar-refractivity contribution < 1.29 is 19.5 Å². The van der Waals surface area contributed by atoms with Gasteiger partial charge in [-0.25, -0.2) is 0 Å². The first-order valence-electron chi connectivity index (χ1n) is 0.200. The molecule has 0 saturated carbocycles. The van der Waals surface area contributed by atoms with Crippen LogP contribution in [0.15, 0.2) is 0 Å². The minimum atomic E-state index is 0. The molecule has 2 nitrogen and oxygen atoms in total. The Morgan fingerprint density at radius 2 is 0.800 bits per heavy atom. The van der Waals surface area contributed by atoms with Gasteiger partial charge in [-0.15, -0.1) is 24.8 Å². The van der Waals surface area contributed by atoms with Gasteiger partial charge in [0.25, 0.3) is 0 Å². The first-order chi connectivity index (χ1) is 1.00. The maximum absolute atomic E-state index is 6.00. The van der Waals surface area contributed by atoms with Gasteiger partial charge in [0.15, 0.2) is 0 Å². The third-order valence-electron chi connectivity index (χ3n) is 0. The zero-order valence-electron chi connectivity index (χ0n) is 2.42. The molecule has 0 radical (unpaired) electrons. The molecule has 0 spiro atoms. The topological polar surface area (TPSA) is 47.6 Å². The number of hydrogen-bond acceptors (Lipinski definition) is 2. The van der Waals surface area contributed by atoms with E-state index < -0.39 is 0 Å². The number of rotatable bonds is 0. The molecule has 0 saturated heterocycles. The summed E-state index contributed by atoms with van der Waals surface area (Å²) in [7, 11) is 0. The van der Waals surface area contributed by atoms with E-state index >= 15 is 0 Å². The van der Waals surface area contributed by atoms with Gasteiger partial charge in [-0.2, -0.15) is 0 Å². The second-order valence-electron chi connectivity index (χ2n) is 0. The van der Waals surface area contributed by atoms with Crippen molar-refractivity contribution in [1.82, 2.24) is 0 Å². The summed E-state index contributed by atoms with van der Waals surface area (Å²) in [4.78, 5) is 0. The summed E-state index contributed by atoms with van der Waals surface area (Å²) < 4.78 is 0. The molecule has 0 rings (SSSR count). The Balaban J connectivity index is -0.00000000167. The third kappa shape index (κ3) is 81.9. The first kappa shape index (κ1) is 45.6. The van der Waals surface area contributed by atoms with Crippen LogP contribution in [0.4, 0.5) is 0 Å². The minimum Gasteiger partial charge on any atom is -0.147 e. The van der Waals surface area contributed by atoms with E-state index in [0.717, 1.165) is 0 Å². The van der Waals surface area contributed by atoms with Crippen molar-refractivity contribution in [3.63, 3.8) is 0 Å². The van der Waals surface area contributed by atoms with Crippen LogP contribution in [-0.2, 0) is 19.5 Å². The van der Waals surface area contributed by atoms with Crippen molar-refractivity contribution in [2.75, 3.05) is 0 Å². The summed E-state index contributed by atoms with van der Waals surface area (Å²) in [6.07, 6.45) is 0. The van der Waals surface area contributed by atoms with Crippen molar-refractivity contribution in [3.05, 3.63) is 0 Å². The summed E-state index contributed by atoms with van der Waals surface area (Å²) in [6, 6.07) is 0. The van der Waals surface area contributed by atoms with Crippen LogP contribution in [-0.4, -0.2) is 0 Å². The summed E-state index contributed by atoms with van der Waals surface area (Å²) in [5, 5.41) is 12.0. The molecule has 0 aliphatic rings. The quantitative estimate of drug-likeness (QED) is 0.396. The Morgan fingerprint density at radius 1 is 0.800 bits per heavy atom. The molecule has 0 N–H and O–H groups in total. The van der Waals surface area contributed by atoms with Crippen molar-refractivity contribution >= 4 is 24.8 Å². The molecule has 0 aliphatic carbocycles. The molecule has 28 valence electrons. The number of nitrogens with zero attached hydrogens (tertiary/aromatic N) is 2. The zero-order chi connectivity index (χ0) is 2.00. The van der Waals surface area contributed by atoms with E-state index in [1.807, 2.05) is 0 Å². The molecule has 0 aromatic rings. The van der Waals surface area contributed by atoms with E-state index in [4.69, 9.17) is 10.8 Å². The molecule has 0 atom stereocenters. The summed E-state index contributed by atoms with van der Waals surface area (Å²) in [6.45, 7) is 0. The van der Waals surface area contributed by atoms with E-state index in [1.54, 1.807) is 0 Å². The van der Waals surface area contributed by atoms with Crippen molar-refractivity contribution in [1.29, 1.82) is 10.8 Å². The Labute approximate surface area is 55.3 Å². The van der Waals surface area contributed by atoms with Gasteiger partial charge in [0.05, 0.1) is 0 Å².